The molecule has 0 unspecified atom stereocenters. The summed E-state index contributed by atoms with van der Waals surface area (Å²) < 4.78 is 5.39. The van der Waals surface area contributed by atoms with E-state index in [1.165, 1.54) is 12.8 Å². The van der Waals surface area contributed by atoms with Crippen LogP contribution in [0.25, 0.3) is 0 Å². The minimum atomic E-state index is 0.426. The molecular weight excluding hydrogens is 250 g/mol. The number of nitrogens with two attached hydrogens (primary N) is 1. The van der Waals surface area contributed by atoms with E-state index >= 15 is 0 Å². The van der Waals surface area contributed by atoms with Gasteiger partial charge in [0.15, 0.2) is 0 Å². The van der Waals surface area contributed by atoms with Crippen molar-refractivity contribution in [3.05, 3.63) is 41.4 Å². The van der Waals surface area contributed by atoms with Crippen LogP contribution < -0.4 is 10.6 Å². The van der Waals surface area contributed by atoms with Crippen LogP contribution in [-0.4, -0.2) is 11.0 Å². The lowest BCUT2D eigenvalue weighted by atomic mass is 10.3. The number of rotatable bonds is 4. The van der Waals surface area contributed by atoms with Gasteiger partial charge in [0.05, 0.1) is 12.8 Å². The largest absolute Gasteiger partial charge is 0.467 e. The topological polar surface area (TPSA) is 55.3 Å². The van der Waals surface area contributed by atoms with Crippen molar-refractivity contribution in [2.24, 2.45) is 0 Å². The van der Waals surface area contributed by atoms with E-state index in [0.29, 0.717) is 23.4 Å². The second-order valence-corrected chi connectivity index (χ2v) is 4.91. The fourth-order valence-electron chi connectivity index (χ4n) is 2.00. The molecule has 18 heavy (non-hydrogen) atoms. The standard InChI is InChI=1S/C13H14ClN3O/c14-12-6-9(15)7-13(16-12)17(10-3-4-10)8-11-2-1-5-18-11/h1-2,5-7,10H,3-4,8H2,(H2,15,16). The highest BCUT2D eigenvalue weighted by Crippen LogP contribution is 2.33. The predicted molar refractivity (Wildman–Crippen MR) is 71.6 cm³/mol. The number of hydrogen-bond donors (Lipinski definition) is 1. The smallest absolute Gasteiger partial charge is 0.133 e. The molecule has 0 saturated heterocycles. The van der Waals surface area contributed by atoms with Gasteiger partial charge in [0.25, 0.3) is 0 Å². The van der Waals surface area contributed by atoms with E-state index in [1.54, 1.807) is 12.3 Å². The Hall–Kier alpha value is -1.68. The highest BCUT2D eigenvalue weighted by molar-refractivity contribution is 6.29. The molecule has 1 aliphatic rings. The Morgan fingerprint density at radius 1 is 1.44 bits per heavy atom. The molecule has 1 aliphatic carbocycles. The van der Waals surface area contributed by atoms with E-state index in [-0.39, 0.29) is 0 Å². The van der Waals surface area contributed by atoms with Gasteiger partial charge in [0.2, 0.25) is 0 Å². The minimum absolute atomic E-state index is 0.426. The van der Waals surface area contributed by atoms with Gasteiger partial charge in [-0.1, -0.05) is 11.6 Å². The molecule has 0 atom stereocenters. The van der Waals surface area contributed by atoms with Crippen LogP contribution in [0.15, 0.2) is 34.9 Å². The number of nitrogens with zero attached hydrogens (tertiary/aromatic N) is 2. The van der Waals surface area contributed by atoms with Gasteiger partial charge in [-0.25, -0.2) is 4.98 Å². The maximum Gasteiger partial charge on any atom is 0.133 e. The van der Waals surface area contributed by atoms with Gasteiger partial charge in [-0.3, -0.25) is 0 Å². The van der Waals surface area contributed by atoms with Crippen LogP contribution in [-0.2, 0) is 6.54 Å². The van der Waals surface area contributed by atoms with Crippen LogP contribution in [0.3, 0.4) is 0 Å². The van der Waals surface area contributed by atoms with Crippen molar-refractivity contribution in [1.29, 1.82) is 0 Å². The SMILES string of the molecule is Nc1cc(Cl)nc(N(Cc2ccco2)C2CC2)c1. The average molecular weight is 264 g/mol. The lowest BCUT2D eigenvalue weighted by Gasteiger charge is -2.22. The van der Waals surface area contributed by atoms with E-state index < -0.39 is 0 Å². The van der Waals surface area contributed by atoms with Crippen LogP contribution >= 0.6 is 11.6 Å². The Bertz CT molecular complexity index is 517. The molecule has 2 N–H and O–H groups in total. The van der Waals surface area contributed by atoms with E-state index in [9.17, 15) is 0 Å². The summed E-state index contributed by atoms with van der Waals surface area (Å²) in [6.07, 6.45) is 4.03. The highest BCUT2D eigenvalue weighted by Gasteiger charge is 2.30. The van der Waals surface area contributed by atoms with Crippen molar-refractivity contribution in [1.82, 2.24) is 4.98 Å². The minimum Gasteiger partial charge on any atom is -0.467 e. The van der Waals surface area contributed by atoms with Gasteiger partial charge in [-0.2, -0.15) is 0 Å². The molecular formula is C13H14ClN3O. The summed E-state index contributed by atoms with van der Waals surface area (Å²) in [5.41, 5.74) is 6.45. The van der Waals surface area contributed by atoms with Crippen molar-refractivity contribution >= 4 is 23.1 Å². The van der Waals surface area contributed by atoms with Crippen LogP contribution in [0.2, 0.25) is 5.15 Å². The first-order valence-corrected chi connectivity index (χ1v) is 6.32. The summed E-state index contributed by atoms with van der Waals surface area (Å²) in [5.74, 6) is 1.74. The Morgan fingerprint density at radius 3 is 2.89 bits per heavy atom. The number of anilines is 2. The molecule has 0 bridgehead atoms. The molecule has 0 amide bonds. The first kappa shape index (κ1) is 11.4. The maximum atomic E-state index is 5.96. The molecule has 0 aromatic carbocycles. The van der Waals surface area contributed by atoms with Gasteiger partial charge in [-0.15, -0.1) is 0 Å². The molecule has 0 radical (unpaired) electrons. The number of hydrogen-bond acceptors (Lipinski definition) is 4. The number of pyridine rings is 1. The number of furan rings is 1. The Morgan fingerprint density at radius 2 is 2.28 bits per heavy atom. The molecule has 1 fully saturated rings. The lowest BCUT2D eigenvalue weighted by molar-refractivity contribution is 0.500. The van der Waals surface area contributed by atoms with Gasteiger partial charge >= 0.3 is 0 Å². The number of aromatic nitrogens is 1. The fraction of sp³-hybridized carbons (Fsp3) is 0.308. The molecule has 0 aliphatic heterocycles. The summed E-state index contributed by atoms with van der Waals surface area (Å²) in [4.78, 5) is 6.54. The van der Waals surface area contributed by atoms with Gasteiger partial charge in [0.1, 0.15) is 16.7 Å². The molecule has 3 rings (SSSR count). The first-order valence-electron chi connectivity index (χ1n) is 5.94. The van der Waals surface area contributed by atoms with E-state index in [2.05, 4.69) is 9.88 Å². The van der Waals surface area contributed by atoms with E-state index in [0.717, 1.165) is 11.6 Å². The van der Waals surface area contributed by atoms with Crippen molar-refractivity contribution in [2.45, 2.75) is 25.4 Å². The lowest BCUT2D eigenvalue weighted by Crippen LogP contribution is -2.25. The van der Waals surface area contributed by atoms with Crippen LogP contribution in [0, 0.1) is 0 Å². The second-order valence-electron chi connectivity index (χ2n) is 4.52. The molecule has 1 saturated carbocycles. The number of halogens is 1. The Balaban J connectivity index is 1.89. The summed E-state index contributed by atoms with van der Waals surface area (Å²) in [6.45, 7) is 0.699. The van der Waals surface area contributed by atoms with Crippen molar-refractivity contribution < 1.29 is 4.42 Å². The van der Waals surface area contributed by atoms with E-state index in [4.69, 9.17) is 21.8 Å². The third kappa shape index (κ3) is 2.43. The zero-order valence-electron chi connectivity index (χ0n) is 9.84. The molecule has 5 heteroatoms. The normalized spacial score (nSPS) is 14.7. The first-order chi connectivity index (χ1) is 8.72. The zero-order valence-corrected chi connectivity index (χ0v) is 10.6. The Kier molecular flexibility index (Phi) is 2.88. The summed E-state index contributed by atoms with van der Waals surface area (Å²) in [6, 6.07) is 7.88. The molecule has 2 aromatic rings. The fourth-order valence-corrected chi connectivity index (χ4v) is 2.22. The van der Waals surface area contributed by atoms with Gasteiger partial charge in [0, 0.05) is 17.8 Å². The summed E-state index contributed by atoms with van der Waals surface area (Å²) >= 11 is 5.96. The zero-order chi connectivity index (χ0) is 12.5. The van der Waals surface area contributed by atoms with Gasteiger partial charge in [-0.05, 0) is 31.0 Å². The molecule has 0 spiro atoms. The predicted octanol–water partition coefficient (Wildman–Crippen LogP) is 3.08. The monoisotopic (exact) mass is 263 g/mol. The third-order valence-electron chi connectivity index (χ3n) is 2.99. The quantitative estimate of drug-likeness (QED) is 0.862. The second kappa shape index (κ2) is 4.53. The maximum absolute atomic E-state index is 5.96. The molecule has 2 aromatic heterocycles. The van der Waals surface area contributed by atoms with E-state index in [1.807, 2.05) is 18.2 Å². The third-order valence-corrected chi connectivity index (χ3v) is 3.18. The highest BCUT2D eigenvalue weighted by atomic mass is 35.5. The molecule has 2 heterocycles. The number of nitrogen functional groups attached to an aromatic ring is 1. The molecule has 4 nitrogen and oxygen atoms in total. The molecule has 94 valence electrons. The Labute approximate surface area is 110 Å². The van der Waals surface area contributed by atoms with Crippen LogP contribution in [0.4, 0.5) is 11.5 Å². The summed E-state index contributed by atoms with van der Waals surface area (Å²) in [7, 11) is 0. The summed E-state index contributed by atoms with van der Waals surface area (Å²) in [5, 5.41) is 0.426. The van der Waals surface area contributed by atoms with Gasteiger partial charge < -0.3 is 15.1 Å². The average Bonchev–Trinajstić information content (AvgIpc) is 3.02. The van der Waals surface area contributed by atoms with Crippen molar-refractivity contribution in [2.75, 3.05) is 10.6 Å². The van der Waals surface area contributed by atoms with Crippen molar-refractivity contribution in [3.63, 3.8) is 0 Å². The van der Waals surface area contributed by atoms with Crippen LogP contribution in [0.5, 0.6) is 0 Å². The van der Waals surface area contributed by atoms with Crippen molar-refractivity contribution in [3.8, 4) is 0 Å². The van der Waals surface area contributed by atoms with Crippen LogP contribution in [0.1, 0.15) is 18.6 Å².